The number of hydrogen-bond acceptors (Lipinski definition) is 7. The molecule has 0 spiro atoms. The molecule has 3 N–H and O–H groups in total. The molecule has 0 radical (unpaired) electrons. The number of nitrogens with one attached hydrogen (secondary N) is 3. The molecule has 0 saturated carbocycles. The summed E-state index contributed by atoms with van der Waals surface area (Å²) in [4.78, 5) is 25.0. The van der Waals surface area contributed by atoms with Gasteiger partial charge in [-0.2, -0.15) is 0 Å². The van der Waals surface area contributed by atoms with Crippen molar-refractivity contribution in [1.29, 1.82) is 0 Å². The lowest BCUT2D eigenvalue weighted by molar-refractivity contribution is 0.578. The van der Waals surface area contributed by atoms with E-state index in [1.807, 2.05) is 24.7 Å². The second-order valence-electron chi connectivity index (χ2n) is 10.9. The first kappa shape index (κ1) is 25.4. The molecule has 0 bridgehead atoms. The number of aryl methyl sites for hydroxylation is 1. The molecule has 8 nitrogen and oxygen atoms in total. The summed E-state index contributed by atoms with van der Waals surface area (Å²) in [7, 11) is 0. The summed E-state index contributed by atoms with van der Waals surface area (Å²) < 4.78 is 0. The number of nitrogens with zero attached hydrogens (tertiary/aromatic N) is 5. The second-order valence-corrected chi connectivity index (χ2v) is 10.9. The largest absolute Gasteiger partial charge is 0.370 e. The highest BCUT2D eigenvalue weighted by Gasteiger charge is 2.23. The van der Waals surface area contributed by atoms with Crippen LogP contribution in [0.3, 0.4) is 0 Å². The Morgan fingerprint density at radius 2 is 1.76 bits per heavy atom. The first-order valence-electron chi connectivity index (χ1n) is 14.5. The molecule has 41 heavy (non-hydrogen) atoms. The third-order valence-corrected chi connectivity index (χ3v) is 8.00. The van der Waals surface area contributed by atoms with Crippen LogP contribution in [0.15, 0.2) is 78.2 Å². The molecule has 2 aliphatic rings. The minimum absolute atomic E-state index is 0.510. The van der Waals surface area contributed by atoms with Gasteiger partial charge in [-0.3, -0.25) is 9.98 Å². The van der Waals surface area contributed by atoms with Crippen molar-refractivity contribution in [3.05, 3.63) is 101 Å². The van der Waals surface area contributed by atoms with E-state index >= 15 is 0 Å². The number of rotatable bonds is 7. The number of anilines is 2. The fourth-order valence-corrected chi connectivity index (χ4v) is 5.96. The Morgan fingerprint density at radius 1 is 0.902 bits per heavy atom. The van der Waals surface area contributed by atoms with E-state index in [0.29, 0.717) is 6.67 Å². The number of fused-ring (bicyclic) bond motifs is 2. The molecule has 3 aromatic heterocycles. The summed E-state index contributed by atoms with van der Waals surface area (Å²) in [6, 6.07) is 19.2. The lowest BCUT2D eigenvalue weighted by Gasteiger charge is -2.28. The molecular weight excluding hydrogens is 508 g/mol. The highest BCUT2D eigenvalue weighted by molar-refractivity contribution is 6.16. The van der Waals surface area contributed by atoms with Crippen molar-refractivity contribution in [3.63, 3.8) is 0 Å². The smallest absolute Gasteiger partial charge is 0.180 e. The van der Waals surface area contributed by atoms with Crippen LogP contribution in [0.1, 0.15) is 47.3 Å². The van der Waals surface area contributed by atoms with E-state index < -0.39 is 0 Å². The van der Waals surface area contributed by atoms with E-state index in [1.54, 1.807) is 0 Å². The Hall–Kier alpha value is -4.56. The summed E-state index contributed by atoms with van der Waals surface area (Å²) in [6.45, 7) is 6.36. The second kappa shape index (κ2) is 11.1. The quantitative estimate of drug-likeness (QED) is 0.240. The lowest BCUT2D eigenvalue weighted by atomic mass is 9.95. The van der Waals surface area contributed by atoms with Gasteiger partial charge < -0.3 is 20.5 Å². The number of aliphatic imine (C=N–C) groups is 1. The zero-order valence-corrected chi connectivity index (χ0v) is 23.3. The van der Waals surface area contributed by atoms with Gasteiger partial charge in [0.2, 0.25) is 0 Å². The van der Waals surface area contributed by atoms with Gasteiger partial charge in [0.15, 0.2) is 11.5 Å². The van der Waals surface area contributed by atoms with E-state index in [2.05, 4.69) is 85.9 Å². The van der Waals surface area contributed by atoms with Crippen LogP contribution in [0, 0.1) is 6.92 Å². The zero-order chi connectivity index (χ0) is 27.6. The van der Waals surface area contributed by atoms with Gasteiger partial charge >= 0.3 is 0 Å². The summed E-state index contributed by atoms with van der Waals surface area (Å²) in [6.07, 6.45) is 9.47. The molecule has 0 aliphatic carbocycles. The third kappa shape index (κ3) is 5.18. The van der Waals surface area contributed by atoms with Gasteiger partial charge in [-0.15, -0.1) is 0 Å². The molecule has 1 saturated heterocycles. The monoisotopic (exact) mass is 542 g/mol. The predicted octanol–water partition coefficient (Wildman–Crippen LogP) is 5.83. The van der Waals surface area contributed by atoms with Crippen LogP contribution < -0.4 is 15.5 Å². The van der Waals surface area contributed by atoms with Crippen LogP contribution in [-0.4, -0.2) is 45.4 Å². The number of benzene rings is 2. The zero-order valence-electron chi connectivity index (χ0n) is 23.3. The van der Waals surface area contributed by atoms with Gasteiger partial charge in [-0.05, 0) is 72.7 Å². The van der Waals surface area contributed by atoms with Crippen LogP contribution >= 0.6 is 0 Å². The van der Waals surface area contributed by atoms with Crippen molar-refractivity contribution in [2.75, 3.05) is 30.0 Å². The Balaban J connectivity index is 1.19. The maximum Gasteiger partial charge on any atom is 0.180 e. The molecule has 1 fully saturated rings. The maximum atomic E-state index is 4.92. The SMILES string of the molecule is Cc1cc(-c2cncc(CNCc3ccccc3)c2)cc2c1NCN=C2c1nc2nccc(N3CCCCC3)c2[nH]1. The minimum Gasteiger partial charge on any atom is -0.370 e. The van der Waals surface area contributed by atoms with E-state index in [9.17, 15) is 0 Å². The Bertz CT molecular complexity index is 1720. The molecule has 2 aliphatic heterocycles. The summed E-state index contributed by atoms with van der Waals surface area (Å²) in [5, 5.41) is 7.02. The average Bonchev–Trinajstić information content (AvgIpc) is 3.46. The molecule has 7 rings (SSSR count). The molecular formula is C33H34N8. The van der Waals surface area contributed by atoms with Gasteiger partial charge in [-0.1, -0.05) is 30.3 Å². The highest BCUT2D eigenvalue weighted by Crippen LogP contribution is 2.33. The molecule has 0 atom stereocenters. The predicted molar refractivity (Wildman–Crippen MR) is 165 cm³/mol. The van der Waals surface area contributed by atoms with Gasteiger partial charge in [0.25, 0.3) is 0 Å². The van der Waals surface area contributed by atoms with Gasteiger partial charge in [0.05, 0.1) is 5.69 Å². The van der Waals surface area contributed by atoms with E-state index in [4.69, 9.17) is 9.98 Å². The number of H-pyrrole nitrogens is 1. The van der Waals surface area contributed by atoms with Crippen molar-refractivity contribution in [2.45, 2.75) is 39.3 Å². The van der Waals surface area contributed by atoms with E-state index in [1.165, 1.54) is 36.1 Å². The van der Waals surface area contributed by atoms with Crippen molar-refractivity contribution < 1.29 is 0 Å². The number of hydrogen-bond donors (Lipinski definition) is 3. The first-order chi connectivity index (χ1) is 20.2. The van der Waals surface area contributed by atoms with Crippen LogP contribution in [0.25, 0.3) is 22.3 Å². The molecule has 206 valence electrons. The van der Waals surface area contributed by atoms with Crippen LogP contribution in [0.4, 0.5) is 11.4 Å². The minimum atomic E-state index is 0.510. The van der Waals surface area contributed by atoms with Gasteiger partial charge in [0.1, 0.15) is 17.9 Å². The third-order valence-electron chi connectivity index (χ3n) is 8.00. The van der Waals surface area contributed by atoms with Crippen LogP contribution in [0.5, 0.6) is 0 Å². The molecule has 0 unspecified atom stereocenters. The average molecular weight is 543 g/mol. The fraction of sp³-hybridized carbons (Fsp3) is 0.273. The molecule has 0 amide bonds. The van der Waals surface area contributed by atoms with Crippen LogP contribution in [0.2, 0.25) is 0 Å². The van der Waals surface area contributed by atoms with E-state index in [-0.39, 0.29) is 0 Å². The number of pyridine rings is 2. The highest BCUT2D eigenvalue weighted by atomic mass is 15.2. The van der Waals surface area contributed by atoms with Crippen molar-refractivity contribution >= 4 is 28.3 Å². The van der Waals surface area contributed by atoms with Crippen molar-refractivity contribution in [2.24, 2.45) is 4.99 Å². The number of imidazole rings is 1. The number of aromatic amines is 1. The lowest BCUT2D eigenvalue weighted by Crippen LogP contribution is -2.29. The van der Waals surface area contributed by atoms with Crippen molar-refractivity contribution in [3.8, 4) is 11.1 Å². The Kier molecular flexibility index (Phi) is 6.90. The maximum absolute atomic E-state index is 4.92. The van der Waals surface area contributed by atoms with Crippen molar-refractivity contribution in [1.82, 2.24) is 25.3 Å². The van der Waals surface area contributed by atoms with E-state index in [0.717, 1.165) is 76.8 Å². The standard InChI is InChI=1S/C33H34N8/c1-22-14-25(26-15-24(19-35-20-26)18-34-17-23-8-4-2-5-9-23)16-27-29(22)37-21-38-30(27)33-39-31-28(10-11-36-32(31)40-33)41-12-6-3-7-13-41/h2,4-5,8-11,14-16,19-20,34,37H,3,6-7,12-13,17-18,21H2,1H3,(H,36,39,40). The summed E-state index contributed by atoms with van der Waals surface area (Å²) in [5.74, 6) is 0.758. The normalized spacial score (nSPS) is 15.0. The number of aromatic nitrogens is 4. The fourth-order valence-electron chi connectivity index (χ4n) is 5.96. The molecule has 5 heterocycles. The summed E-state index contributed by atoms with van der Waals surface area (Å²) >= 11 is 0. The molecule has 8 heteroatoms. The number of piperidine rings is 1. The molecule has 2 aromatic carbocycles. The molecule has 5 aromatic rings. The Labute approximate surface area is 240 Å². The first-order valence-corrected chi connectivity index (χ1v) is 14.5. The topological polar surface area (TPSA) is 94.1 Å². The van der Waals surface area contributed by atoms with Gasteiger partial charge in [0, 0.05) is 61.6 Å². The van der Waals surface area contributed by atoms with Gasteiger partial charge in [-0.25, -0.2) is 9.97 Å². The Morgan fingerprint density at radius 3 is 2.63 bits per heavy atom. The summed E-state index contributed by atoms with van der Waals surface area (Å²) in [5.41, 5.74) is 11.7. The van der Waals surface area contributed by atoms with Crippen LogP contribution in [-0.2, 0) is 13.1 Å².